The molecule has 0 amide bonds. The van der Waals surface area contributed by atoms with Crippen molar-refractivity contribution in [3.63, 3.8) is 0 Å². The number of esters is 1. The summed E-state index contributed by atoms with van der Waals surface area (Å²) in [5.74, 6) is -1.02. The summed E-state index contributed by atoms with van der Waals surface area (Å²) < 4.78 is 11.5. The Morgan fingerprint density at radius 3 is 2.56 bits per heavy atom. The summed E-state index contributed by atoms with van der Waals surface area (Å²) in [5.41, 5.74) is 0. The lowest BCUT2D eigenvalue weighted by molar-refractivity contribution is -0.155. The predicted octanol–water partition coefficient (Wildman–Crippen LogP) is 4.41. The van der Waals surface area contributed by atoms with Gasteiger partial charge in [-0.15, -0.1) is 0 Å². The number of hydrogen-bond acceptors (Lipinski definition) is 4. The Hall–Kier alpha value is -1.62. The van der Waals surface area contributed by atoms with E-state index in [0.29, 0.717) is 6.42 Å². The monoisotopic (exact) mass is 352 g/mol. The second-order valence-electron chi connectivity index (χ2n) is 6.50. The van der Waals surface area contributed by atoms with E-state index in [2.05, 4.69) is 13.0 Å². The lowest BCUT2D eigenvalue weighted by Crippen LogP contribution is -2.38. The normalized spacial score (nSPS) is 23.0. The van der Waals surface area contributed by atoms with Crippen LogP contribution in [-0.4, -0.2) is 35.4 Å². The summed E-state index contributed by atoms with van der Waals surface area (Å²) in [5, 5.41) is 8.59. The fraction of sp³-hybridized carbons (Fsp3) is 0.700. The Morgan fingerprint density at radius 2 is 1.88 bits per heavy atom. The molecule has 0 aliphatic carbocycles. The van der Waals surface area contributed by atoms with Crippen molar-refractivity contribution >= 4 is 11.9 Å². The van der Waals surface area contributed by atoms with Gasteiger partial charge in [-0.3, -0.25) is 9.59 Å². The molecule has 3 atom stereocenters. The average Bonchev–Trinajstić information content (AvgIpc) is 2.55. The highest BCUT2D eigenvalue weighted by atomic mass is 16.6. The molecule has 1 aliphatic rings. The third-order valence-electron chi connectivity index (χ3n) is 4.17. The highest BCUT2D eigenvalue weighted by Gasteiger charge is 2.28. The van der Waals surface area contributed by atoms with Crippen molar-refractivity contribution in [2.75, 3.05) is 0 Å². The first kappa shape index (κ1) is 21.4. The zero-order chi connectivity index (χ0) is 18.5. The number of rotatable bonds is 12. The van der Waals surface area contributed by atoms with E-state index in [1.165, 1.54) is 6.92 Å². The van der Waals surface area contributed by atoms with Crippen molar-refractivity contribution in [3.05, 3.63) is 24.3 Å². The van der Waals surface area contributed by atoms with Crippen molar-refractivity contribution in [3.8, 4) is 0 Å². The molecule has 25 heavy (non-hydrogen) atoms. The largest absolute Gasteiger partial charge is 0.481 e. The van der Waals surface area contributed by atoms with E-state index in [1.54, 1.807) is 0 Å². The number of ether oxygens (including phenoxy) is 2. The van der Waals surface area contributed by atoms with E-state index < -0.39 is 5.97 Å². The van der Waals surface area contributed by atoms with Crippen LogP contribution in [0.5, 0.6) is 0 Å². The van der Waals surface area contributed by atoms with Crippen molar-refractivity contribution in [1.82, 2.24) is 0 Å². The molecular formula is C20H32O5. The highest BCUT2D eigenvalue weighted by molar-refractivity contribution is 5.66. The van der Waals surface area contributed by atoms with Gasteiger partial charge in [0.2, 0.25) is 0 Å². The van der Waals surface area contributed by atoms with Gasteiger partial charge < -0.3 is 14.6 Å². The molecule has 0 aromatic rings. The Labute approximate surface area is 151 Å². The molecule has 0 bridgehead atoms. The van der Waals surface area contributed by atoms with Gasteiger partial charge >= 0.3 is 11.9 Å². The van der Waals surface area contributed by atoms with Crippen LogP contribution in [0.1, 0.15) is 71.6 Å². The molecule has 1 N–H and O–H groups in total. The van der Waals surface area contributed by atoms with Crippen LogP contribution in [-0.2, 0) is 19.1 Å². The van der Waals surface area contributed by atoms with Crippen LogP contribution < -0.4 is 0 Å². The zero-order valence-corrected chi connectivity index (χ0v) is 15.5. The molecule has 5 nitrogen and oxygen atoms in total. The number of carboxylic acids is 1. The van der Waals surface area contributed by atoms with Crippen LogP contribution in [0.4, 0.5) is 0 Å². The quantitative estimate of drug-likeness (QED) is 0.320. The van der Waals surface area contributed by atoms with Gasteiger partial charge in [0.05, 0.1) is 12.2 Å². The molecular weight excluding hydrogens is 320 g/mol. The first-order valence-electron chi connectivity index (χ1n) is 9.40. The molecule has 5 heteroatoms. The van der Waals surface area contributed by atoms with E-state index >= 15 is 0 Å². The molecule has 1 rings (SSSR count). The smallest absolute Gasteiger partial charge is 0.303 e. The minimum absolute atomic E-state index is 0.0436. The van der Waals surface area contributed by atoms with Crippen LogP contribution in [0.25, 0.3) is 0 Å². The number of carbonyl (C=O) groups is 2. The summed E-state index contributed by atoms with van der Waals surface area (Å²) >= 11 is 0. The third-order valence-corrected chi connectivity index (χ3v) is 4.17. The number of carboxylic acid groups (broad SMARTS) is 1. The number of unbranched alkanes of at least 4 members (excludes halogenated alkanes) is 3. The van der Waals surface area contributed by atoms with Gasteiger partial charge in [0.15, 0.2) is 0 Å². The van der Waals surface area contributed by atoms with E-state index in [0.717, 1.165) is 44.9 Å². The molecule has 0 aromatic heterocycles. The topological polar surface area (TPSA) is 72.8 Å². The van der Waals surface area contributed by atoms with Gasteiger partial charge in [-0.25, -0.2) is 0 Å². The Bertz CT molecular complexity index is 455. The molecule has 0 spiro atoms. The van der Waals surface area contributed by atoms with E-state index in [-0.39, 0.29) is 30.7 Å². The van der Waals surface area contributed by atoms with Crippen LogP contribution in [0.15, 0.2) is 24.3 Å². The summed E-state index contributed by atoms with van der Waals surface area (Å²) in [6.07, 6.45) is 15.5. The molecule has 0 radical (unpaired) electrons. The molecule has 1 heterocycles. The number of carbonyl (C=O) groups excluding carboxylic acids is 1. The lowest BCUT2D eigenvalue weighted by Gasteiger charge is -2.32. The Morgan fingerprint density at radius 1 is 1.12 bits per heavy atom. The maximum Gasteiger partial charge on any atom is 0.303 e. The second-order valence-corrected chi connectivity index (χ2v) is 6.50. The van der Waals surface area contributed by atoms with Crippen LogP contribution >= 0.6 is 0 Å². The van der Waals surface area contributed by atoms with Gasteiger partial charge in [-0.2, -0.15) is 0 Å². The number of allylic oxidation sites excluding steroid dienone is 2. The van der Waals surface area contributed by atoms with Gasteiger partial charge in [-0.1, -0.05) is 44.4 Å². The van der Waals surface area contributed by atoms with Crippen LogP contribution in [0.3, 0.4) is 0 Å². The molecule has 0 fully saturated rings. The summed E-state index contributed by atoms with van der Waals surface area (Å²) in [6, 6.07) is 0. The third kappa shape index (κ3) is 10.1. The first-order chi connectivity index (χ1) is 12.0. The predicted molar refractivity (Wildman–Crippen MR) is 97.4 cm³/mol. The highest BCUT2D eigenvalue weighted by Crippen LogP contribution is 2.23. The molecule has 0 aromatic carbocycles. The average molecular weight is 352 g/mol. The van der Waals surface area contributed by atoms with Gasteiger partial charge in [-0.05, 0) is 38.2 Å². The summed E-state index contributed by atoms with van der Waals surface area (Å²) in [6.45, 7) is 3.59. The summed E-state index contributed by atoms with van der Waals surface area (Å²) in [7, 11) is 0. The van der Waals surface area contributed by atoms with Crippen LogP contribution in [0.2, 0.25) is 0 Å². The fourth-order valence-corrected chi connectivity index (χ4v) is 2.87. The Balaban J connectivity index is 2.37. The molecule has 0 saturated heterocycles. The molecule has 0 saturated carbocycles. The minimum Gasteiger partial charge on any atom is -0.481 e. The van der Waals surface area contributed by atoms with Gasteiger partial charge in [0, 0.05) is 13.3 Å². The van der Waals surface area contributed by atoms with E-state index in [1.807, 2.05) is 18.2 Å². The molecule has 142 valence electrons. The van der Waals surface area contributed by atoms with E-state index in [4.69, 9.17) is 14.6 Å². The van der Waals surface area contributed by atoms with Crippen molar-refractivity contribution in [2.24, 2.45) is 0 Å². The van der Waals surface area contributed by atoms with Crippen molar-refractivity contribution < 1.29 is 24.2 Å². The minimum atomic E-state index is -0.745. The van der Waals surface area contributed by atoms with Gasteiger partial charge in [0.25, 0.3) is 0 Å². The standard InChI is InChI=1S/C20H32O5/c1-3-4-8-12-18-19(24-16(2)21)15-14-17(25-18)11-9-6-5-7-10-13-20(22)23/h5-6,14-15,17-19H,3-4,7-13H2,1-2H3,(H,22,23)/b6-5-/t17-,18-,19-/m1/s1. The van der Waals surface area contributed by atoms with Gasteiger partial charge in [0.1, 0.15) is 6.10 Å². The zero-order valence-electron chi connectivity index (χ0n) is 15.5. The van der Waals surface area contributed by atoms with Crippen LogP contribution in [0, 0.1) is 0 Å². The lowest BCUT2D eigenvalue weighted by atomic mass is 10.0. The maximum atomic E-state index is 11.3. The van der Waals surface area contributed by atoms with Crippen molar-refractivity contribution in [2.45, 2.75) is 89.9 Å². The fourth-order valence-electron chi connectivity index (χ4n) is 2.87. The second kappa shape index (κ2) is 12.7. The maximum absolute atomic E-state index is 11.3. The first-order valence-corrected chi connectivity index (χ1v) is 9.40. The van der Waals surface area contributed by atoms with E-state index in [9.17, 15) is 9.59 Å². The van der Waals surface area contributed by atoms with Crippen molar-refractivity contribution in [1.29, 1.82) is 0 Å². The number of aliphatic carboxylic acids is 1. The number of hydrogen-bond donors (Lipinski definition) is 1. The molecule has 1 aliphatic heterocycles. The summed E-state index contributed by atoms with van der Waals surface area (Å²) in [4.78, 5) is 21.7. The molecule has 0 unspecified atom stereocenters. The SMILES string of the molecule is CCCCC[C@H]1O[C@H](CC/C=C\CCCC(=O)O)C=C[C@H]1OC(C)=O. The Kier molecular flexibility index (Phi) is 10.9.